The van der Waals surface area contributed by atoms with Crippen molar-refractivity contribution in [2.45, 2.75) is 0 Å². The molecular formula is C17H10N4S. The van der Waals surface area contributed by atoms with Crippen molar-refractivity contribution in [2.24, 2.45) is 0 Å². The van der Waals surface area contributed by atoms with E-state index in [2.05, 4.69) is 63.3 Å². The summed E-state index contributed by atoms with van der Waals surface area (Å²) in [6.07, 6.45) is 0. The van der Waals surface area contributed by atoms with Gasteiger partial charge in [-0.25, -0.2) is 5.10 Å². The van der Waals surface area contributed by atoms with Gasteiger partial charge in [-0.2, -0.15) is 5.26 Å². The molecule has 0 unspecified atom stereocenters. The summed E-state index contributed by atoms with van der Waals surface area (Å²) in [6, 6.07) is 18.6. The summed E-state index contributed by atoms with van der Waals surface area (Å²) in [4.78, 5) is 0. The quantitative estimate of drug-likeness (QED) is 0.602. The van der Waals surface area contributed by atoms with E-state index >= 15 is 0 Å². The average molecular weight is 302 g/mol. The summed E-state index contributed by atoms with van der Waals surface area (Å²) in [5, 5.41) is 22.7. The van der Waals surface area contributed by atoms with E-state index in [1.54, 1.807) is 11.3 Å². The van der Waals surface area contributed by atoms with Crippen LogP contribution in [0.1, 0.15) is 5.69 Å². The summed E-state index contributed by atoms with van der Waals surface area (Å²) >= 11 is 1.74. The maximum absolute atomic E-state index is 9.04. The highest BCUT2D eigenvalue weighted by Crippen LogP contribution is 2.32. The topological polar surface area (TPSA) is 65.4 Å². The summed E-state index contributed by atoms with van der Waals surface area (Å²) < 4.78 is 1.28. The first-order chi connectivity index (χ1) is 10.9. The standard InChI is InChI=1S/C17H10N4S/c18-10-15-17(20-21-19-15)12-6-4-11(5-7-12)13-2-1-3-16-14(13)8-9-22-16/h1-9H,(H,19,20,21). The average Bonchev–Trinajstić information content (AvgIpc) is 3.23. The van der Waals surface area contributed by atoms with Gasteiger partial charge in [0, 0.05) is 15.6 Å². The molecule has 4 rings (SSSR count). The van der Waals surface area contributed by atoms with Crippen molar-refractivity contribution in [3.8, 4) is 28.5 Å². The van der Waals surface area contributed by atoms with Crippen LogP contribution in [-0.4, -0.2) is 15.4 Å². The Bertz CT molecular complexity index is 989. The van der Waals surface area contributed by atoms with E-state index in [-0.39, 0.29) is 0 Å². The molecular weight excluding hydrogens is 292 g/mol. The lowest BCUT2D eigenvalue weighted by Gasteiger charge is -2.05. The van der Waals surface area contributed by atoms with E-state index in [0.29, 0.717) is 11.4 Å². The van der Waals surface area contributed by atoms with Crippen molar-refractivity contribution in [1.82, 2.24) is 15.4 Å². The third kappa shape index (κ3) is 1.98. The molecule has 2 heterocycles. The summed E-state index contributed by atoms with van der Waals surface area (Å²) in [7, 11) is 0. The Morgan fingerprint density at radius 3 is 2.64 bits per heavy atom. The second-order valence-corrected chi connectivity index (χ2v) is 5.81. The van der Waals surface area contributed by atoms with Gasteiger partial charge in [-0.15, -0.1) is 16.4 Å². The first-order valence-corrected chi connectivity index (χ1v) is 7.63. The second-order valence-electron chi connectivity index (χ2n) is 4.86. The number of hydrogen-bond donors (Lipinski definition) is 1. The van der Waals surface area contributed by atoms with Crippen molar-refractivity contribution >= 4 is 21.4 Å². The zero-order valence-electron chi connectivity index (χ0n) is 11.4. The van der Waals surface area contributed by atoms with Gasteiger partial charge in [0.25, 0.3) is 0 Å². The predicted molar refractivity (Wildman–Crippen MR) is 87.4 cm³/mol. The van der Waals surface area contributed by atoms with Gasteiger partial charge in [0.1, 0.15) is 11.8 Å². The van der Waals surface area contributed by atoms with Crippen LogP contribution in [0.2, 0.25) is 0 Å². The zero-order valence-corrected chi connectivity index (χ0v) is 12.3. The minimum Gasteiger partial charge on any atom is -0.247 e. The molecule has 0 spiro atoms. The zero-order chi connectivity index (χ0) is 14.9. The van der Waals surface area contributed by atoms with Crippen LogP contribution >= 0.6 is 11.3 Å². The molecule has 4 nitrogen and oxygen atoms in total. The van der Waals surface area contributed by atoms with E-state index in [9.17, 15) is 0 Å². The van der Waals surface area contributed by atoms with Gasteiger partial charge in [0.15, 0.2) is 5.69 Å². The number of nitriles is 1. The Balaban J connectivity index is 1.80. The number of thiophene rings is 1. The number of aromatic amines is 1. The molecule has 0 aliphatic heterocycles. The fourth-order valence-electron chi connectivity index (χ4n) is 2.56. The first-order valence-electron chi connectivity index (χ1n) is 6.75. The predicted octanol–water partition coefficient (Wildman–Crippen LogP) is 4.23. The van der Waals surface area contributed by atoms with Gasteiger partial charge in [0.05, 0.1) is 0 Å². The lowest BCUT2D eigenvalue weighted by molar-refractivity contribution is 0.937. The van der Waals surface area contributed by atoms with Gasteiger partial charge < -0.3 is 0 Å². The molecule has 0 saturated carbocycles. The van der Waals surface area contributed by atoms with Crippen LogP contribution in [0.25, 0.3) is 32.5 Å². The lowest BCUT2D eigenvalue weighted by atomic mass is 10.00. The van der Waals surface area contributed by atoms with E-state index in [1.807, 2.05) is 12.1 Å². The molecule has 104 valence electrons. The molecule has 5 heteroatoms. The smallest absolute Gasteiger partial charge is 0.163 e. The second kappa shape index (κ2) is 5.10. The maximum atomic E-state index is 9.04. The highest BCUT2D eigenvalue weighted by Gasteiger charge is 2.10. The summed E-state index contributed by atoms with van der Waals surface area (Å²) in [5.74, 6) is 0. The Kier molecular flexibility index (Phi) is 2.95. The Labute approximate surface area is 130 Å². The van der Waals surface area contributed by atoms with Crippen LogP contribution in [0, 0.1) is 11.3 Å². The third-order valence-electron chi connectivity index (χ3n) is 3.63. The number of nitrogens with zero attached hydrogens (tertiary/aromatic N) is 3. The van der Waals surface area contributed by atoms with Crippen molar-refractivity contribution in [3.05, 3.63) is 59.6 Å². The first kappa shape index (κ1) is 12.7. The normalized spacial score (nSPS) is 10.7. The van der Waals surface area contributed by atoms with Gasteiger partial charge in [-0.05, 0) is 28.6 Å². The van der Waals surface area contributed by atoms with Crippen LogP contribution in [0.3, 0.4) is 0 Å². The van der Waals surface area contributed by atoms with Crippen LogP contribution in [0.4, 0.5) is 0 Å². The molecule has 2 aromatic heterocycles. The minimum atomic E-state index is 0.382. The Morgan fingerprint density at radius 2 is 1.82 bits per heavy atom. The van der Waals surface area contributed by atoms with E-state index in [4.69, 9.17) is 5.26 Å². The van der Waals surface area contributed by atoms with Gasteiger partial charge in [-0.3, -0.25) is 0 Å². The fourth-order valence-corrected chi connectivity index (χ4v) is 3.37. The SMILES string of the molecule is N#Cc1[nH]nnc1-c1ccc(-c2cccc3sccc23)cc1. The van der Waals surface area contributed by atoms with E-state index in [1.165, 1.54) is 15.6 Å². The molecule has 0 fully saturated rings. The van der Waals surface area contributed by atoms with Gasteiger partial charge in [-0.1, -0.05) is 41.6 Å². The number of benzene rings is 2. The molecule has 0 atom stereocenters. The van der Waals surface area contributed by atoms with E-state index < -0.39 is 0 Å². The number of aromatic nitrogens is 3. The molecule has 2 aromatic carbocycles. The highest BCUT2D eigenvalue weighted by molar-refractivity contribution is 7.17. The van der Waals surface area contributed by atoms with Crippen LogP contribution < -0.4 is 0 Å². The number of nitrogens with one attached hydrogen (secondary N) is 1. The lowest BCUT2D eigenvalue weighted by Crippen LogP contribution is -1.84. The third-order valence-corrected chi connectivity index (χ3v) is 4.51. The molecule has 0 saturated heterocycles. The Morgan fingerprint density at radius 1 is 1.00 bits per heavy atom. The van der Waals surface area contributed by atoms with E-state index in [0.717, 1.165) is 11.1 Å². The highest BCUT2D eigenvalue weighted by atomic mass is 32.1. The molecule has 0 radical (unpaired) electrons. The molecule has 1 N–H and O–H groups in total. The van der Waals surface area contributed by atoms with Crippen LogP contribution in [0.15, 0.2) is 53.9 Å². The number of rotatable bonds is 2. The molecule has 0 aliphatic rings. The largest absolute Gasteiger partial charge is 0.247 e. The molecule has 0 amide bonds. The Hall–Kier alpha value is -2.97. The van der Waals surface area contributed by atoms with Crippen molar-refractivity contribution in [3.63, 3.8) is 0 Å². The maximum Gasteiger partial charge on any atom is 0.163 e. The van der Waals surface area contributed by atoms with Gasteiger partial charge >= 0.3 is 0 Å². The van der Waals surface area contributed by atoms with Crippen molar-refractivity contribution < 1.29 is 0 Å². The van der Waals surface area contributed by atoms with Crippen LogP contribution in [-0.2, 0) is 0 Å². The minimum absolute atomic E-state index is 0.382. The van der Waals surface area contributed by atoms with Crippen LogP contribution in [0.5, 0.6) is 0 Å². The molecule has 0 bridgehead atoms. The molecule has 4 aromatic rings. The monoisotopic (exact) mass is 302 g/mol. The number of fused-ring (bicyclic) bond motifs is 1. The van der Waals surface area contributed by atoms with Crippen molar-refractivity contribution in [2.75, 3.05) is 0 Å². The summed E-state index contributed by atoms with van der Waals surface area (Å²) in [6.45, 7) is 0. The number of H-pyrrole nitrogens is 1. The number of hydrogen-bond acceptors (Lipinski definition) is 4. The van der Waals surface area contributed by atoms with Crippen molar-refractivity contribution in [1.29, 1.82) is 5.26 Å². The fraction of sp³-hybridized carbons (Fsp3) is 0. The molecule has 0 aliphatic carbocycles. The van der Waals surface area contributed by atoms with Gasteiger partial charge in [0.2, 0.25) is 0 Å². The molecule has 22 heavy (non-hydrogen) atoms. The summed E-state index contributed by atoms with van der Waals surface area (Å²) in [5.41, 5.74) is 4.21.